The molecule has 0 aliphatic heterocycles. The van der Waals surface area contributed by atoms with Gasteiger partial charge in [0.1, 0.15) is 5.75 Å². The summed E-state index contributed by atoms with van der Waals surface area (Å²) in [6.07, 6.45) is 0.940. The molecule has 1 aromatic carbocycles. The van der Waals surface area contributed by atoms with Crippen molar-refractivity contribution in [2.24, 2.45) is 0 Å². The number of halogens is 1. The van der Waals surface area contributed by atoms with Crippen LogP contribution >= 0.6 is 11.6 Å². The molecule has 0 saturated carbocycles. The lowest BCUT2D eigenvalue weighted by molar-refractivity contribution is 0.318. The molecule has 0 aliphatic rings. The molecule has 0 fully saturated rings. The lowest BCUT2D eigenvalue weighted by atomic mass is 10.2. The van der Waals surface area contributed by atoms with Gasteiger partial charge in [-0.1, -0.05) is 19.1 Å². The van der Waals surface area contributed by atoms with E-state index in [-0.39, 0.29) is 5.28 Å². The van der Waals surface area contributed by atoms with E-state index >= 15 is 0 Å². The third kappa shape index (κ3) is 3.36. The molecule has 1 aromatic heterocycles. The maximum Gasteiger partial charge on any atom is 0.229 e. The summed E-state index contributed by atoms with van der Waals surface area (Å²) in [5, 5.41) is 0.170. The second-order valence-corrected chi connectivity index (χ2v) is 4.81. The number of hydrogen-bond donors (Lipinski definition) is 0. The molecular formula is C14H17ClN4O. The first-order valence-corrected chi connectivity index (χ1v) is 6.80. The van der Waals surface area contributed by atoms with Gasteiger partial charge in [-0.15, -0.1) is 0 Å². The summed E-state index contributed by atoms with van der Waals surface area (Å²) >= 11 is 5.97. The Morgan fingerprint density at radius 2 is 1.90 bits per heavy atom. The number of anilines is 1. The normalized spacial score (nSPS) is 10.4. The second-order valence-electron chi connectivity index (χ2n) is 4.47. The molecule has 5 nitrogen and oxygen atoms in total. The number of rotatable bonds is 5. The Labute approximate surface area is 123 Å². The van der Waals surface area contributed by atoms with E-state index in [2.05, 4.69) is 21.9 Å². The molecule has 6 heteroatoms. The maximum atomic E-state index is 5.97. The van der Waals surface area contributed by atoms with Crippen LogP contribution in [0.15, 0.2) is 24.3 Å². The van der Waals surface area contributed by atoms with E-state index in [1.54, 1.807) is 4.90 Å². The summed E-state index contributed by atoms with van der Waals surface area (Å²) < 4.78 is 5.72. The molecule has 20 heavy (non-hydrogen) atoms. The summed E-state index contributed by atoms with van der Waals surface area (Å²) in [6, 6.07) is 7.65. The fourth-order valence-electron chi connectivity index (χ4n) is 1.65. The van der Waals surface area contributed by atoms with Crippen molar-refractivity contribution in [1.29, 1.82) is 0 Å². The lowest BCUT2D eigenvalue weighted by Gasteiger charge is -2.13. The number of para-hydroxylation sites is 1. The average Bonchev–Trinajstić information content (AvgIpc) is 2.44. The molecule has 0 bridgehead atoms. The van der Waals surface area contributed by atoms with Crippen molar-refractivity contribution in [2.75, 3.05) is 25.6 Å². The predicted octanol–water partition coefficient (Wildman–Crippen LogP) is 3.05. The Balaban J connectivity index is 2.45. The molecule has 106 valence electrons. The summed E-state index contributed by atoms with van der Waals surface area (Å²) in [4.78, 5) is 14.5. The molecule has 0 atom stereocenters. The lowest BCUT2D eigenvalue weighted by Crippen LogP contribution is -2.14. The van der Waals surface area contributed by atoms with Crippen molar-refractivity contribution in [2.45, 2.75) is 13.3 Å². The standard InChI is InChI=1S/C14H17ClN4O/c1-4-9-20-11-8-6-5-7-10(11)12-16-13(15)18-14(17-12)19(2)3/h5-8H,4,9H2,1-3H3. The monoisotopic (exact) mass is 292 g/mol. The first-order chi connectivity index (χ1) is 9.61. The summed E-state index contributed by atoms with van der Waals surface area (Å²) in [5.74, 6) is 1.78. The molecule has 1 heterocycles. The second kappa shape index (κ2) is 6.52. The van der Waals surface area contributed by atoms with Crippen LogP contribution in [0.1, 0.15) is 13.3 Å². The fourth-order valence-corrected chi connectivity index (χ4v) is 1.80. The zero-order chi connectivity index (χ0) is 14.5. The van der Waals surface area contributed by atoms with Gasteiger partial charge >= 0.3 is 0 Å². The van der Waals surface area contributed by atoms with Crippen LogP contribution in [0.2, 0.25) is 5.28 Å². The van der Waals surface area contributed by atoms with Crippen LogP contribution in [-0.4, -0.2) is 35.7 Å². The highest BCUT2D eigenvalue weighted by molar-refractivity contribution is 6.28. The average molecular weight is 293 g/mol. The van der Waals surface area contributed by atoms with Gasteiger partial charge in [0.15, 0.2) is 5.82 Å². The van der Waals surface area contributed by atoms with Crippen molar-refractivity contribution in [3.63, 3.8) is 0 Å². The molecule has 0 N–H and O–H groups in total. The molecule has 2 rings (SSSR count). The Kier molecular flexibility index (Phi) is 4.74. The molecule has 0 radical (unpaired) electrons. The van der Waals surface area contributed by atoms with Gasteiger partial charge < -0.3 is 9.64 Å². The summed E-state index contributed by atoms with van der Waals surface area (Å²) in [5.41, 5.74) is 0.813. The van der Waals surface area contributed by atoms with Crippen molar-refractivity contribution in [3.8, 4) is 17.1 Å². The molecule has 0 aliphatic carbocycles. The minimum atomic E-state index is 0.170. The largest absolute Gasteiger partial charge is 0.493 e. The van der Waals surface area contributed by atoms with Gasteiger partial charge in [0.05, 0.1) is 12.2 Å². The molecule has 2 aromatic rings. The molecule has 0 amide bonds. The van der Waals surface area contributed by atoms with Gasteiger partial charge in [-0.3, -0.25) is 0 Å². The van der Waals surface area contributed by atoms with Crippen molar-refractivity contribution in [1.82, 2.24) is 15.0 Å². The topological polar surface area (TPSA) is 51.1 Å². The minimum Gasteiger partial charge on any atom is -0.493 e. The third-order valence-corrected chi connectivity index (χ3v) is 2.76. The summed E-state index contributed by atoms with van der Waals surface area (Å²) in [7, 11) is 3.71. The number of ether oxygens (including phenoxy) is 1. The number of hydrogen-bond acceptors (Lipinski definition) is 5. The highest BCUT2D eigenvalue weighted by atomic mass is 35.5. The number of aromatic nitrogens is 3. The van der Waals surface area contributed by atoms with E-state index in [4.69, 9.17) is 16.3 Å². The predicted molar refractivity (Wildman–Crippen MR) is 80.4 cm³/mol. The van der Waals surface area contributed by atoms with E-state index in [0.29, 0.717) is 18.4 Å². The van der Waals surface area contributed by atoms with E-state index in [9.17, 15) is 0 Å². The van der Waals surface area contributed by atoms with E-state index < -0.39 is 0 Å². The van der Waals surface area contributed by atoms with E-state index in [1.807, 2.05) is 38.4 Å². The Morgan fingerprint density at radius 3 is 2.60 bits per heavy atom. The Hall–Kier alpha value is -1.88. The molecule has 0 saturated heterocycles. The fraction of sp³-hybridized carbons (Fsp3) is 0.357. The zero-order valence-corrected chi connectivity index (χ0v) is 12.6. The van der Waals surface area contributed by atoms with Crippen LogP contribution < -0.4 is 9.64 Å². The maximum absolute atomic E-state index is 5.97. The number of benzene rings is 1. The van der Waals surface area contributed by atoms with Gasteiger partial charge in [0.25, 0.3) is 0 Å². The van der Waals surface area contributed by atoms with Crippen LogP contribution in [0.3, 0.4) is 0 Å². The smallest absolute Gasteiger partial charge is 0.229 e. The Morgan fingerprint density at radius 1 is 1.15 bits per heavy atom. The summed E-state index contributed by atoms with van der Waals surface area (Å²) in [6.45, 7) is 2.71. The zero-order valence-electron chi connectivity index (χ0n) is 11.8. The van der Waals surface area contributed by atoms with Crippen molar-refractivity contribution in [3.05, 3.63) is 29.5 Å². The van der Waals surface area contributed by atoms with Gasteiger partial charge in [-0.2, -0.15) is 15.0 Å². The van der Waals surface area contributed by atoms with Crippen LogP contribution in [0.4, 0.5) is 5.95 Å². The third-order valence-electron chi connectivity index (χ3n) is 2.59. The van der Waals surface area contributed by atoms with Crippen LogP contribution in [0.5, 0.6) is 5.75 Å². The molecule has 0 spiro atoms. The number of nitrogens with zero attached hydrogens (tertiary/aromatic N) is 4. The van der Waals surface area contributed by atoms with Gasteiger partial charge in [0.2, 0.25) is 11.2 Å². The first kappa shape index (κ1) is 14.5. The van der Waals surface area contributed by atoms with E-state index in [1.165, 1.54) is 0 Å². The highest BCUT2D eigenvalue weighted by Gasteiger charge is 2.12. The van der Waals surface area contributed by atoms with Gasteiger partial charge in [0, 0.05) is 14.1 Å². The van der Waals surface area contributed by atoms with E-state index in [0.717, 1.165) is 17.7 Å². The Bertz CT molecular complexity index is 589. The quantitative estimate of drug-likeness (QED) is 0.848. The molecular weight excluding hydrogens is 276 g/mol. The highest BCUT2D eigenvalue weighted by Crippen LogP contribution is 2.28. The van der Waals surface area contributed by atoms with Crippen LogP contribution in [0, 0.1) is 0 Å². The van der Waals surface area contributed by atoms with Crippen molar-refractivity contribution < 1.29 is 4.74 Å². The van der Waals surface area contributed by atoms with Crippen LogP contribution in [-0.2, 0) is 0 Å². The van der Waals surface area contributed by atoms with Gasteiger partial charge in [-0.05, 0) is 30.2 Å². The van der Waals surface area contributed by atoms with Crippen LogP contribution in [0.25, 0.3) is 11.4 Å². The SMILES string of the molecule is CCCOc1ccccc1-c1nc(Cl)nc(N(C)C)n1. The van der Waals surface area contributed by atoms with Crippen molar-refractivity contribution >= 4 is 17.5 Å². The molecule has 0 unspecified atom stereocenters. The first-order valence-electron chi connectivity index (χ1n) is 6.43. The van der Waals surface area contributed by atoms with Gasteiger partial charge in [-0.25, -0.2) is 0 Å². The minimum absolute atomic E-state index is 0.170.